The van der Waals surface area contributed by atoms with Gasteiger partial charge in [-0.1, -0.05) is 19.8 Å². The minimum atomic E-state index is -0.549. The number of likely N-dealkylation sites (tertiary alicyclic amines) is 1. The van der Waals surface area contributed by atoms with Gasteiger partial charge in [0.05, 0.1) is 18.5 Å². The molecule has 9 heteroatoms. The van der Waals surface area contributed by atoms with Gasteiger partial charge in [0, 0.05) is 35.7 Å². The van der Waals surface area contributed by atoms with Crippen LogP contribution in [0, 0.1) is 5.82 Å². The molecule has 0 spiro atoms. The Morgan fingerprint density at radius 3 is 2.69 bits per heavy atom. The van der Waals surface area contributed by atoms with E-state index in [4.69, 9.17) is 4.74 Å². The van der Waals surface area contributed by atoms with Gasteiger partial charge >= 0.3 is 5.97 Å². The average molecular weight is 495 g/mol. The smallest absolute Gasteiger partial charge is 0.343 e. The maximum Gasteiger partial charge on any atom is 0.343 e. The molecule has 0 N–H and O–H groups in total. The van der Waals surface area contributed by atoms with Crippen molar-refractivity contribution in [1.29, 1.82) is 0 Å². The zero-order valence-electron chi connectivity index (χ0n) is 20.9. The average Bonchev–Trinajstić information content (AvgIpc) is 3.54. The van der Waals surface area contributed by atoms with Gasteiger partial charge in [-0.05, 0) is 50.8 Å². The summed E-state index contributed by atoms with van der Waals surface area (Å²) in [6.07, 6.45) is 6.25. The van der Waals surface area contributed by atoms with Crippen molar-refractivity contribution in [1.82, 2.24) is 19.5 Å². The molecule has 36 heavy (non-hydrogen) atoms. The number of methoxy groups -OCH3 is 1. The van der Waals surface area contributed by atoms with Crippen molar-refractivity contribution in [2.45, 2.75) is 63.8 Å². The predicted octanol–water partition coefficient (Wildman–Crippen LogP) is 4.54. The van der Waals surface area contributed by atoms with E-state index < -0.39 is 11.8 Å². The Balaban J connectivity index is 1.50. The van der Waals surface area contributed by atoms with E-state index in [2.05, 4.69) is 28.7 Å². The van der Waals surface area contributed by atoms with Gasteiger partial charge in [-0.15, -0.1) is 0 Å². The summed E-state index contributed by atoms with van der Waals surface area (Å²) >= 11 is 0. The van der Waals surface area contributed by atoms with Crippen LogP contribution in [0.4, 0.5) is 4.39 Å². The molecule has 1 saturated heterocycles. The first kappa shape index (κ1) is 24.2. The first-order chi connectivity index (χ1) is 17.3. The van der Waals surface area contributed by atoms with Gasteiger partial charge in [-0.3, -0.25) is 4.79 Å². The number of esters is 1. The first-order valence-corrected chi connectivity index (χ1v) is 12.5. The number of fused-ring (bicyclic) bond motifs is 1. The fourth-order valence-electron chi connectivity index (χ4n) is 4.81. The molecule has 1 aliphatic carbocycles. The summed E-state index contributed by atoms with van der Waals surface area (Å²) in [7, 11) is 1.26. The van der Waals surface area contributed by atoms with Gasteiger partial charge in [0.2, 0.25) is 0 Å². The van der Waals surface area contributed by atoms with Crippen LogP contribution in [0.15, 0.2) is 30.3 Å². The van der Waals surface area contributed by atoms with Crippen molar-refractivity contribution >= 4 is 17.5 Å². The molecule has 3 heterocycles. The second kappa shape index (κ2) is 9.52. The van der Waals surface area contributed by atoms with Crippen molar-refractivity contribution in [3.8, 4) is 17.0 Å². The molecule has 1 amide bonds. The van der Waals surface area contributed by atoms with Crippen LogP contribution in [0.3, 0.4) is 0 Å². The zero-order valence-corrected chi connectivity index (χ0v) is 20.9. The van der Waals surface area contributed by atoms with Crippen molar-refractivity contribution in [2.24, 2.45) is 0 Å². The number of carbonyl (C=O) groups is 2. The number of benzene rings is 1. The normalized spacial score (nSPS) is 19.1. The van der Waals surface area contributed by atoms with E-state index in [0.717, 1.165) is 50.8 Å². The summed E-state index contributed by atoms with van der Waals surface area (Å²) in [5, 5.41) is 4.68. The lowest BCUT2D eigenvalue weighted by Crippen LogP contribution is -2.39. The summed E-state index contributed by atoms with van der Waals surface area (Å²) in [6, 6.07) is 8.12. The van der Waals surface area contributed by atoms with E-state index in [0.29, 0.717) is 17.0 Å². The molecule has 0 unspecified atom stereocenters. The van der Waals surface area contributed by atoms with E-state index >= 15 is 4.39 Å². The molecule has 1 aliphatic heterocycles. The largest absolute Gasteiger partial charge is 0.482 e. The van der Waals surface area contributed by atoms with Crippen LogP contribution in [0.1, 0.15) is 68.6 Å². The number of hydrogen-bond acceptors (Lipinski definition) is 6. The maximum absolute atomic E-state index is 15.0. The van der Waals surface area contributed by atoms with Crippen LogP contribution in [0.5, 0.6) is 5.75 Å². The Hall–Kier alpha value is -3.49. The van der Waals surface area contributed by atoms with Crippen LogP contribution >= 0.6 is 0 Å². The van der Waals surface area contributed by atoms with E-state index in [9.17, 15) is 9.59 Å². The summed E-state index contributed by atoms with van der Waals surface area (Å²) in [4.78, 5) is 31.5. The molecular weight excluding hydrogens is 463 g/mol. The number of rotatable bonds is 6. The molecule has 5 rings (SSSR count). The van der Waals surface area contributed by atoms with E-state index in [-0.39, 0.29) is 35.3 Å². The molecule has 8 nitrogen and oxygen atoms in total. The second-order valence-electron chi connectivity index (χ2n) is 10.1. The molecule has 190 valence electrons. The maximum atomic E-state index is 15.0. The zero-order chi connectivity index (χ0) is 25.4. The number of ether oxygens (including phenoxy) is 2. The molecule has 2 fully saturated rings. The van der Waals surface area contributed by atoms with Gasteiger partial charge < -0.3 is 14.4 Å². The molecule has 0 bridgehead atoms. The summed E-state index contributed by atoms with van der Waals surface area (Å²) in [6.45, 7) is 4.69. The summed E-state index contributed by atoms with van der Waals surface area (Å²) in [5.74, 6) is -0.922. The fourth-order valence-corrected chi connectivity index (χ4v) is 4.81. The molecule has 1 atom stereocenters. The highest BCUT2D eigenvalue weighted by molar-refractivity contribution is 5.93. The second-order valence-corrected chi connectivity index (χ2v) is 10.1. The van der Waals surface area contributed by atoms with Crippen molar-refractivity contribution < 1.29 is 23.5 Å². The van der Waals surface area contributed by atoms with Crippen LogP contribution in [-0.4, -0.2) is 57.7 Å². The van der Waals surface area contributed by atoms with E-state index in [1.165, 1.54) is 13.2 Å². The third-order valence-corrected chi connectivity index (χ3v) is 7.38. The highest BCUT2D eigenvalue weighted by atomic mass is 19.1. The topological polar surface area (TPSA) is 86.0 Å². The monoisotopic (exact) mass is 494 g/mol. The minimum Gasteiger partial charge on any atom is -0.482 e. The van der Waals surface area contributed by atoms with Crippen molar-refractivity contribution in [2.75, 3.05) is 20.3 Å². The number of hydrogen-bond donors (Lipinski definition) is 0. The number of amides is 1. The molecule has 1 aromatic carbocycles. The summed E-state index contributed by atoms with van der Waals surface area (Å²) in [5.41, 5.74) is 2.46. The Labute approximate surface area is 209 Å². The molecular formula is C27H31FN4O4. The third kappa shape index (κ3) is 4.66. The first-order valence-electron chi connectivity index (χ1n) is 12.5. The quantitative estimate of drug-likeness (QED) is 0.468. The van der Waals surface area contributed by atoms with Gasteiger partial charge in [-0.2, -0.15) is 5.10 Å². The van der Waals surface area contributed by atoms with Gasteiger partial charge in [0.1, 0.15) is 17.3 Å². The number of halogens is 1. The van der Waals surface area contributed by atoms with Crippen LogP contribution < -0.4 is 4.74 Å². The minimum absolute atomic E-state index is 0.0570. The number of nitrogens with zero attached hydrogens (tertiary/aromatic N) is 4. The lowest BCUT2D eigenvalue weighted by atomic mass is 10.0. The summed E-state index contributed by atoms with van der Waals surface area (Å²) < 4.78 is 26.6. The molecule has 1 saturated carbocycles. The van der Waals surface area contributed by atoms with Crippen LogP contribution in [-0.2, 0) is 14.9 Å². The van der Waals surface area contributed by atoms with E-state index in [1.54, 1.807) is 22.7 Å². The lowest BCUT2D eigenvalue weighted by Gasteiger charge is -2.27. The molecule has 3 aromatic rings. The molecule has 0 radical (unpaired) electrons. The standard InChI is InChI=1S/C27H31FN4O4/c1-17-7-5-4-6-12-31(17)26(34)22-14-23(27(2)10-11-27)32-24(29-22)15-21(30-32)19-9-8-18(13-20(19)28)36-16-25(33)35-3/h8-9,13-15,17H,4-7,10-12,16H2,1-3H3/t17-/m1/s1. The van der Waals surface area contributed by atoms with Crippen LogP contribution in [0.2, 0.25) is 0 Å². The number of aromatic nitrogens is 3. The van der Waals surface area contributed by atoms with E-state index in [1.807, 2.05) is 11.0 Å². The molecule has 2 aromatic heterocycles. The Morgan fingerprint density at radius 2 is 1.97 bits per heavy atom. The SMILES string of the molecule is COC(=O)COc1ccc(-c2cc3nc(C(=O)N4CCCCC[C@H]4C)cc(C4(C)CC4)n3n2)c(F)c1. The van der Waals surface area contributed by atoms with Crippen LogP contribution in [0.25, 0.3) is 16.9 Å². The van der Waals surface area contributed by atoms with Crippen molar-refractivity contribution in [3.63, 3.8) is 0 Å². The highest BCUT2D eigenvalue weighted by Gasteiger charge is 2.42. The lowest BCUT2D eigenvalue weighted by molar-refractivity contribution is -0.142. The highest BCUT2D eigenvalue weighted by Crippen LogP contribution is 2.47. The Morgan fingerprint density at radius 1 is 1.17 bits per heavy atom. The number of carbonyl (C=O) groups excluding carboxylic acids is 2. The Bertz CT molecular complexity index is 1320. The van der Waals surface area contributed by atoms with Gasteiger partial charge in [0.15, 0.2) is 12.3 Å². The van der Waals surface area contributed by atoms with Crippen molar-refractivity contribution in [3.05, 3.63) is 47.5 Å². The van der Waals surface area contributed by atoms with Gasteiger partial charge in [-0.25, -0.2) is 18.7 Å². The Kier molecular flexibility index (Phi) is 6.40. The fraction of sp³-hybridized carbons (Fsp3) is 0.481. The predicted molar refractivity (Wildman–Crippen MR) is 131 cm³/mol. The third-order valence-electron chi connectivity index (χ3n) is 7.38. The van der Waals surface area contributed by atoms with Gasteiger partial charge in [0.25, 0.3) is 5.91 Å². The molecule has 2 aliphatic rings.